The van der Waals surface area contributed by atoms with E-state index in [1.165, 1.54) is 16.9 Å². The third-order valence-corrected chi connectivity index (χ3v) is 7.75. The number of benzene rings is 1. The van der Waals surface area contributed by atoms with E-state index in [2.05, 4.69) is 38.0 Å². The van der Waals surface area contributed by atoms with E-state index in [0.717, 1.165) is 67.2 Å². The Kier molecular flexibility index (Phi) is 5.78. The van der Waals surface area contributed by atoms with Gasteiger partial charge in [0, 0.05) is 42.9 Å². The van der Waals surface area contributed by atoms with E-state index in [1.54, 1.807) is 6.33 Å². The van der Waals surface area contributed by atoms with Crippen LogP contribution in [0.25, 0.3) is 10.2 Å². The maximum absolute atomic E-state index is 12.8. The van der Waals surface area contributed by atoms with E-state index < -0.39 is 6.43 Å². The lowest BCUT2D eigenvalue weighted by Gasteiger charge is -2.25. The van der Waals surface area contributed by atoms with Gasteiger partial charge in [-0.2, -0.15) is 5.26 Å². The van der Waals surface area contributed by atoms with Gasteiger partial charge in [-0.1, -0.05) is 24.3 Å². The van der Waals surface area contributed by atoms with Crippen LogP contribution in [0.3, 0.4) is 0 Å². The molecular formula is C24H25F2N5S. The minimum atomic E-state index is -2.35. The molecule has 2 aliphatic rings. The number of nitriles is 1. The smallest absolute Gasteiger partial charge is 0.243 e. The van der Waals surface area contributed by atoms with Crippen molar-refractivity contribution in [2.45, 2.75) is 38.7 Å². The molecule has 8 heteroatoms. The van der Waals surface area contributed by atoms with Gasteiger partial charge in [-0.3, -0.25) is 4.90 Å². The lowest BCUT2D eigenvalue weighted by Crippen LogP contribution is -2.31. The van der Waals surface area contributed by atoms with Crippen molar-refractivity contribution in [3.05, 3.63) is 52.7 Å². The highest BCUT2D eigenvalue weighted by molar-refractivity contribution is 7.18. The molecular weight excluding hydrogens is 428 g/mol. The number of fused-ring (bicyclic) bond motifs is 1. The molecule has 0 amide bonds. The Bertz CT molecular complexity index is 1140. The van der Waals surface area contributed by atoms with Crippen LogP contribution < -0.4 is 4.90 Å². The number of aromatic nitrogens is 2. The quantitative estimate of drug-likeness (QED) is 0.543. The number of anilines is 1. The number of halogens is 2. The molecule has 1 aromatic carbocycles. The van der Waals surface area contributed by atoms with Crippen molar-refractivity contribution < 1.29 is 8.78 Å². The summed E-state index contributed by atoms with van der Waals surface area (Å²) in [5.41, 5.74) is 2.59. The van der Waals surface area contributed by atoms with Crippen LogP contribution >= 0.6 is 11.3 Å². The molecule has 2 saturated heterocycles. The zero-order chi connectivity index (χ0) is 22.1. The van der Waals surface area contributed by atoms with Gasteiger partial charge in [-0.25, -0.2) is 18.7 Å². The monoisotopic (exact) mass is 453 g/mol. The minimum absolute atomic E-state index is 0.225. The molecule has 1 spiro atoms. The largest absolute Gasteiger partial charge is 0.355 e. The van der Waals surface area contributed by atoms with Crippen molar-refractivity contribution in [1.29, 1.82) is 5.26 Å². The van der Waals surface area contributed by atoms with E-state index in [4.69, 9.17) is 5.26 Å². The fourth-order valence-electron chi connectivity index (χ4n) is 5.12. The zero-order valence-electron chi connectivity index (χ0n) is 17.8. The molecule has 4 heterocycles. The van der Waals surface area contributed by atoms with Crippen molar-refractivity contribution in [3.8, 4) is 6.07 Å². The van der Waals surface area contributed by atoms with E-state index in [0.29, 0.717) is 11.3 Å². The first-order chi connectivity index (χ1) is 15.5. The van der Waals surface area contributed by atoms with E-state index in [1.807, 2.05) is 18.2 Å². The molecule has 1 unspecified atom stereocenters. The van der Waals surface area contributed by atoms with Gasteiger partial charge in [0.2, 0.25) is 6.43 Å². The first-order valence-corrected chi connectivity index (χ1v) is 11.8. The predicted octanol–water partition coefficient (Wildman–Crippen LogP) is 4.67. The average molecular weight is 454 g/mol. The Morgan fingerprint density at radius 3 is 2.66 bits per heavy atom. The molecule has 5 rings (SSSR count). The molecule has 0 bridgehead atoms. The summed E-state index contributed by atoms with van der Waals surface area (Å²) in [5, 5.41) is 9.74. The van der Waals surface area contributed by atoms with Crippen molar-refractivity contribution in [2.24, 2.45) is 5.41 Å². The highest BCUT2D eigenvalue weighted by Gasteiger charge is 2.44. The van der Waals surface area contributed by atoms with Gasteiger partial charge >= 0.3 is 0 Å². The van der Waals surface area contributed by atoms with Crippen LogP contribution in [0.4, 0.5) is 14.6 Å². The van der Waals surface area contributed by atoms with Gasteiger partial charge in [0.05, 0.1) is 17.9 Å². The lowest BCUT2D eigenvalue weighted by atomic mass is 9.86. The van der Waals surface area contributed by atoms with Crippen molar-refractivity contribution in [3.63, 3.8) is 0 Å². The SMILES string of the molecule is N#CCc1ccc(CN2CCC3(CCN(c4ncnc5sc(CC(F)F)cc45)C3)C2)cc1. The molecule has 0 radical (unpaired) electrons. The summed E-state index contributed by atoms with van der Waals surface area (Å²) < 4.78 is 25.7. The minimum Gasteiger partial charge on any atom is -0.355 e. The van der Waals surface area contributed by atoms with Crippen molar-refractivity contribution >= 4 is 27.4 Å². The van der Waals surface area contributed by atoms with Crippen LogP contribution in [-0.4, -0.2) is 47.5 Å². The van der Waals surface area contributed by atoms with E-state index in [-0.39, 0.29) is 11.8 Å². The highest BCUT2D eigenvalue weighted by Crippen LogP contribution is 2.43. The summed E-state index contributed by atoms with van der Waals surface area (Å²) in [6, 6.07) is 12.4. The Morgan fingerprint density at radius 2 is 1.88 bits per heavy atom. The topological polar surface area (TPSA) is 56.1 Å². The van der Waals surface area contributed by atoms with Gasteiger partial charge in [-0.05, 0) is 36.6 Å². The molecule has 166 valence electrons. The molecule has 5 nitrogen and oxygen atoms in total. The van der Waals surface area contributed by atoms with E-state index >= 15 is 0 Å². The van der Waals surface area contributed by atoms with Crippen LogP contribution in [0.5, 0.6) is 0 Å². The maximum atomic E-state index is 12.8. The summed E-state index contributed by atoms with van der Waals surface area (Å²) in [7, 11) is 0. The standard InChI is InChI=1S/C24H25F2N5S/c25-21(26)12-19-11-20-22(28-16-29-23(20)32-19)31-10-7-24(15-31)6-9-30(14-24)13-18-3-1-17(2-4-18)5-8-27/h1-4,11,16,21H,5-7,9-10,12-15H2. The predicted molar refractivity (Wildman–Crippen MR) is 122 cm³/mol. The van der Waals surface area contributed by atoms with Crippen molar-refractivity contribution in [1.82, 2.24) is 14.9 Å². The second-order valence-corrected chi connectivity index (χ2v) is 10.1. The molecule has 2 fully saturated rings. The average Bonchev–Trinajstić information content (AvgIpc) is 3.48. The Hall–Kier alpha value is -2.63. The fraction of sp³-hybridized carbons (Fsp3) is 0.458. The summed E-state index contributed by atoms with van der Waals surface area (Å²) in [6.45, 7) is 4.93. The van der Waals surface area contributed by atoms with Crippen molar-refractivity contribution in [2.75, 3.05) is 31.1 Å². The number of rotatable bonds is 6. The van der Waals surface area contributed by atoms with Gasteiger partial charge in [0.25, 0.3) is 0 Å². The maximum Gasteiger partial charge on any atom is 0.243 e. The number of nitrogens with zero attached hydrogens (tertiary/aromatic N) is 5. The van der Waals surface area contributed by atoms with Crippen LogP contribution in [0.15, 0.2) is 36.7 Å². The number of likely N-dealkylation sites (tertiary alicyclic amines) is 1. The Morgan fingerprint density at radius 1 is 1.09 bits per heavy atom. The summed E-state index contributed by atoms with van der Waals surface area (Å²) in [6.07, 6.45) is 1.71. The first kappa shape index (κ1) is 21.2. The van der Waals surface area contributed by atoms with Gasteiger partial charge in [0.1, 0.15) is 17.0 Å². The lowest BCUT2D eigenvalue weighted by molar-refractivity contribution is 0.150. The fourth-order valence-corrected chi connectivity index (χ4v) is 6.12. The summed E-state index contributed by atoms with van der Waals surface area (Å²) in [5.74, 6) is 0.884. The normalized spacial score (nSPS) is 21.2. The number of alkyl halides is 2. The molecule has 0 N–H and O–H groups in total. The molecule has 1 atom stereocenters. The van der Waals surface area contributed by atoms with Crippen LogP contribution in [0.1, 0.15) is 28.8 Å². The molecule has 0 aliphatic carbocycles. The molecule has 32 heavy (non-hydrogen) atoms. The molecule has 2 aliphatic heterocycles. The molecule has 2 aromatic heterocycles. The first-order valence-electron chi connectivity index (χ1n) is 11.0. The van der Waals surface area contributed by atoms with Crippen LogP contribution in [0, 0.1) is 16.7 Å². The molecule has 0 saturated carbocycles. The third kappa shape index (κ3) is 4.32. The summed E-state index contributed by atoms with van der Waals surface area (Å²) >= 11 is 1.34. The van der Waals surface area contributed by atoms with Crippen LogP contribution in [-0.2, 0) is 19.4 Å². The van der Waals surface area contributed by atoms with Gasteiger partial charge in [-0.15, -0.1) is 11.3 Å². The second-order valence-electron chi connectivity index (χ2n) is 9.01. The Labute approximate surface area is 190 Å². The number of thiophene rings is 1. The molecule has 3 aromatic rings. The van der Waals surface area contributed by atoms with Gasteiger partial charge in [0.15, 0.2) is 0 Å². The highest BCUT2D eigenvalue weighted by atomic mass is 32.1. The van der Waals surface area contributed by atoms with E-state index in [9.17, 15) is 8.78 Å². The van der Waals surface area contributed by atoms with Crippen LogP contribution in [0.2, 0.25) is 0 Å². The number of hydrogen-bond donors (Lipinski definition) is 0. The Balaban J connectivity index is 1.26. The number of hydrogen-bond acceptors (Lipinski definition) is 6. The summed E-state index contributed by atoms with van der Waals surface area (Å²) in [4.78, 5) is 15.2. The van der Waals surface area contributed by atoms with Gasteiger partial charge < -0.3 is 4.90 Å². The zero-order valence-corrected chi connectivity index (χ0v) is 18.6. The second kappa shape index (κ2) is 8.72. The third-order valence-electron chi connectivity index (χ3n) is 6.68.